The maximum absolute atomic E-state index is 11.9. The van der Waals surface area contributed by atoms with Gasteiger partial charge < -0.3 is 19.1 Å². The average Bonchev–Trinajstić information content (AvgIpc) is 3.05. The Morgan fingerprint density at radius 1 is 1.12 bits per heavy atom. The van der Waals surface area contributed by atoms with Crippen LogP contribution in [0.5, 0.6) is 11.5 Å². The van der Waals surface area contributed by atoms with E-state index in [1.807, 2.05) is 42.5 Å². The summed E-state index contributed by atoms with van der Waals surface area (Å²) in [5.74, 6) is 0.451. The van der Waals surface area contributed by atoms with Crippen LogP contribution in [-0.4, -0.2) is 29.9 Å². The molecule has 3 rings (SSSR count). The lowest BCUT2D eigenvalue weighted by Crippen LogP contribution is -2.19. The number of carboxylic acid groups (broad SMARTS) is 1. The van der Waals surface area contributed by atoms with Crippen LogP contribution in [-0.2, 0) is 11.2 Å². The molecular formula is C20H21NO4. The molecule has 1 N–H and O–H groups in total. The van der Waals surface area contributed by atoms with Gasteiger partial charge in [0, 0.05) is 23.7 Å². The molecule has 0 radical (unpaired) electrons. The Balaban J connectivity index is 1.97. The molecule has 0 aliphatic rings. The molecular weight excluding hydrogens is 318 g/mol. The molecule has 1 heterocycles. The van der Waals surface area contributed by atoms with Crippen LogP contribution in [0.2, 0.25) is 0 Å². The second-order valence-corrected chi connectivity index (χ2v) is 5.86. The van der Waals surface area contributed by atoms with Crippen molar-refractivity contribution >= 4 is 16.9 Å². The van der Waals surface area contributed by atoms with Gasteiger partial charge in [0.15, 0.2) is 0 Å². The largest absolute Gasteiger partial charge is 0.497 e. The van der Waals surface area contributed by atoms with Crippen molar-refractivity contribution in [1.29, 1.82) is 0 Å². The molecule has 0 saturated carbocycles. The van der Waals surface area contributed by atoms with Gasteiger partial charge in [-0.25, -0.2) is 4.79 Å². The fourth-order valence-corrected chi connectivity index (χ4v) is 3.09. The van der Waals surface area contributed by atoms with Gasteiger partial charge in [-0.05, 0) is 24.5 Å². The first kappa shape index (κ1) is 16.9. The Morgan fingerprint density at radius 2 is 1.88 bits per heavy atom. The van der Waals surface area contributed by atoms with E-state index >= 15 is 0 Å². The van der Waals surface area contributed by atoms with Gasteiger partial charge in [0.25, 0.3) is 0 Å². The summed E-state index contributed by atoms with van der Waals surface area (Å²) >= 11 is 0. The fraction of sp³-hybridized carbons (Fsp3) is 0.250. The minimum Gasteiger partial charge on any atom is -0.497 e. The van der Waals surface area contributed by atoms with Gasteiger partial charge in [0.2, 0.25) is 0 Å². The van der Waals surface area contributed by atoms with Crippen LogP contribution in [0.4, 0.5) is 0 Å². The molecule has 1 unspecified atom stereocenters. The molecule has 5 nitrogen and oxygen atoms in total. The van der Waals surface area contributed by atoms with Gasteiger partial charge in [0.05, 0.1) is 19.7 Å². The van der Waals surface area contributed by atoms with Crippen LogP contribution in [0.3, 0.4) is 0 Å². The molecule has 0 bridgehead atoms. The Morgan fingerprint density at radius 3 is 2.52 bits per heavy atom. The van der Waals surface area contributed by atoms with Gasteiger partial charge in [-0.2, -0.15) is 0 Å². The van der Waals surface area contributed by atoms with Crippen molar-refractivity contribution in [3.8, 4) is 11.5 Å². The van der Waals surface area contributed by atoms with Gasteiger partial charge in [0.1, 0.15) is 17.5 Å². The Hall–Kier alpha value is -2.95. The number of ether oxygens (including phenoxy) is 2. The van der Waals surface area contributed by atoms with E-state index in [2.05, 4.69) is 0 Å². The minimum absolute atomic E-state index is 0.503. The van der Waals surface area contributed by atoms with Gasteiger partial charge in [-0.15, -0.1) is 0 Å². The summed E-state index contributed by atoms with van der Waals surface area (Å²) in [6, 6.07) is 14.8. The molecule has 1 aromatic heterocycles. The molecule has 130 valence electrons. The third-order valence-electron chi connectivity index (χ3n) is 4.40. The molecule has 1 atom stereocenters. The van der Waals surface area contributed by atoms with Crippen molar-refractivity contribution in [2.75, 3.05) is 14.2 Å². The first-order valence-corrected chi connectivity index (χ1v) is 8.13. The van der Waals surface area contributed by atoms with Crippen molar-refractivity contribution < 1.29 is 19.4 Å². The number of aliphatic carboxylic acids is 1. The SMILES string of the molecule is COc1cc(OC)c2ccn(C(CCc3ccccc3)C(=O)O)c2c1. The molecule has 0 fully saturated rings. The van der Waals surface area contributed by atoms with Crippen molar-refractivity contribution in [1.82, 2.24) is 4.57 Å². The first-order valence-electron chi connectivity index (χ1n) is 8.13. The van der Waals surface area contributed by atoms with Gasteiger partial charge >= 0.3 is 5.97 Å². The quantitative estimate of drug-likeness (QED) is 0.709. The van der Waals surface area contributed by atoms with Crippen LogP contribution in [0, 0.1) is 0 Å². The number of nitrogens with zero attached hydrogens (tertiary/aromatic N) is 1. The third-order valence-corrected chi connectivity index (χ3v) is 4.40. The van der Waals surface area contributed by atoms with Gasteiger partial charge in [-0.3, -0.25) is 0 Å². The summed E-state index contributed by atoms with van der Waals surface area (Å²) in [5.41, 5.74) is 1.91. The van der Waals surface area contributed by atoms with Gasteiger partial charge in [-0.1, -0.05) is 30.3 Å². The number of aromatic nitrogens is 1. The number of carbonyl (C=O) groups is 1. The number of fused-ring (bicyclic) bond motifs is 1. The van der Waals surface area contributed by atoms with Crippen LogP contribution in [0.25, 0.3) is 10.9 Å². The summed E-state index contributed by atoms with van der Waals surface area (Å²) in [6.45, 7) is 0. The zero-order valence-corrected chi connectivity index (χ0v) is 14.3. The van der Waals surface area contributed by atoms with Crippen molar-refractivity contribution in [2.45, 2.75) is 18.9 Å². The van der Waals surface area contributed by atoms with E-state index in [4.69, 9.17) is 9.47 Å². The first-order chi connectivity index (χ1) is 12.1. The fourth-order valence-electron chi connectivity index (χ4n) is 3.09. The number of aryl methyl sites for hydroxylation is 1. The molecule has 0 aliphatic carbocycles. The number of methoxy groups -OCH3 is 2. The normalized spacial score (nSPS) is 12.1. The second kappa shape index (κ2) is 7.30. The third kappa shape index (κ3) is 3.45. The Labute approximate surface area is 146 Å². The highest BCUT2D eigenvalue weighted by Crippen LogP contribution is 2.34. The van der Waals surface area contributed by atoms with E-state index in [-0.39, 0.29) is 0 Å². The maximum Gasteiger partial charge on any atom is 0.326 e. The van der Waals surface area contributed by atoms with Crippen LogP contribution >= 0.6 is 0 Å². The topological polar surface area (TPSA) is 60.7 Å². The molecule has 0 spiro atoms. The standard InChI is InChI=1S/C20H21NO4/c1-24-15-12-18-16(19(13-15)25-2)10-11-21(18)17(20(22)23)9-8-14-6-4-3-5-7-14/h3-7,10-13,17H,8-9H2,1-2H3,(H,22,23). The van der Waals surface area contributed by atoms with E-state index in [1.165, 1.54) is 0 Å². The minimum atomic E-state index is -0.852. The highest BCUT2D eigenvalue weighted by Gasteiger charge is 2.22. The smallest absolute Gasteiger partial charge is 0.326 e. The summed E-state index contributed by atoms with van der Waals surface area (Å²) in [4.78, 5) is 11.9. The van der Waals surface area contributed by atoms with E-state index in [1.54, 1.807) is 31.0 Å². The van der Waals surface area contributed by atoms with Crippen LogP contribution in [0.15, 0.2) is 54.7 Å². The highest BCUT2D eigenvalue weighted by molar-refractivity contribution is 5.89. The highest BCUT2D eigenvalue weighted by atomic mass is 16.5. The van der Waals surface area contributed by atoms with E-state index in [0.717, 1.165) is 16.5 Å². The molecule has 0 saturated heterocycles. The lowest BCUT2D eigenvalue weighted by atomic mass is 10.0. The van der Waals surface area contributed by atoms with Crippen molar-refractivity contribution in [3.63, 3.8) is 0 Å². The molecule has 2 aromatic carbocycles. The van der Waals surface area contributed by atoms with Crippen molar-refractivity contribution in [2.24, 2.45) is 0 Å². The lowest BCUT2D eigenvalue weighted by molar-refractivity contribution is -0.141. The van der Waals surface area contributed by atoms with Crippen molar-refractivity contribution in [3.05, 3.63) is 60.3 Å². The molecule has 0 aliphatic heterocycles. The zero-order chi connectivity index (χ0) is 17.8. The summed E-state index contributed by atoms with van der Waals surface area (Å²) in [6.07, 6.45) is 3.00. The predicted molar refractivity (Wildman–Crippen MR) is 96.5 cm³/mol. The predicted octanol–water partition coefficient (Wildman–Crippen LogP) is 3.92. The maximum atomic E-state index is 11.9. The average molecular weight is 339 g/mol. The number of carboxylic acids is 1. The Bertz CT molecular complexity index is 870. The number of hydrogen-bond donors (Lipinski definition) is 1. The number of hydrogen-bond acceptors (Lipinski definition) is 3. The second-order valence-electron chi connectivity index (χ2n) is 5.86. The molecule has 3 aromatic rings. The molecule has 25 heavy (non-hydrogen) atoms. The lowest BCUT2D eigenvalue weighted by Gasteiger charge is -2.17. The van der Waals surface area contributed by atoms with E-state index in [0.29, 0.717) is 24.3 Å². The summed E-state index contributed by atoms with van der Waals surface area (Å²) in [7, 11) is 3.17. The van der Waals surface area contributed by atoms with E-state index < -0.39 is 12.0 Å². The number of benzene rings is 2. The summed E-state index contributed by atoms with van der Waals surface area (Å²) in [5, 5.41) is 10.6. The van der Waals surface area contributed by atoms with E-state index in [9.17, 15) is 9.90 Å². The molecule has 5 heteroatoms. The Kier molecular flexibility index (Phi) is 4.93. The monoisotopic (exact) mass is 339 g/mol. The molecule has 0 amide bonds. The summed E-state index contributed by atoms with van der Waals surface area (Å²) < 4.78 is 12.5. The number of rotatable bonds is 7. The zero-order valence-electron chi connectivity index (χ0n) is 14.3. The van der Waals surface area contributed by atoms with Crippen LogP contribution < -0.4 is 9.47 Å². The van der Waals surface area contributed by atoms with Crippen LogP contribution in [0.1, 0.15) is 18.0 Å².